The molecule has 2 nitrogen and oxygen atoms in total. The van der Waals surface area contributed by atoms with Crippen LogP contribution >= 0.6 is 0 Å². The largest absolute Gasteiger partial charge is 0.462 e. The van der Waals surface area contributed by atoms with Gasteiger partial charge in [-0.1, -0.05) is 67.6 Å². The molecule has 0 saturated heterocycles. The van der Waals surface area contributed by atoms with E-state index in [0.29, 0.717) is 6.61 Å². The van der Waals surface area contributed by atoms with Crippen LogP contribution in [0.15, 0.2) is 66.7 Å². The summed E-state index contributed by atoms with van der Waals surface area (Å²) in [5.41, 5.74) is 2.16. The third-order valence-electron chi connectivity index (χ3n) is 3.06. The third kappa shape index (κ3) is 4.39. The molecule has 2 aromatic rings. The van der Waals surface area contributed by atoms with Crippen molar-refractivity contribution < 1.29 is 9.53 Å². The van der Waals surface area contributed by atoms with Crippen molar-refractivity contribution in [2.75, 3.05) is 6.61 Å². The van der Waals surface area contributed by atoms with E-state index >= 15 is 0 Å². The summed E-state index contributed by atoms with van der Waals surface area (Å²) in [5.74, 6) is -0.109. The Morgan fingerprint density at radius 1 is 1.05 bits per heavy atom. The van der Waals surface area contributed by atoms with Crippen molar-refractivity contribution in [2.24, 2.45) is 0 Å². The van der Waals surface area contributed by atoms with Crippen LogP contribution in [0.5, 0.6) is 0 Å². The van der Waals surface area contributed by atoms with Crippen LogP contribution in [0.4, 0.5) is 0 Å². The van der Waals surface area contributed by atoms with Gasteiger partial charge in [-0.05, 0) is 17.2 Å². The van der Waals surface area contributed by atoms with E-state index in [2.05, 4.69) is 0 Å². The molecular weight excluding hydrogens is 248 g/mol. The van der Waals surface area contributed by atoms with Gasteiger partial charge in [0.25, 0.3) is 0 Å². The first-order valence-corrected chi connectivity index (χ1v) is 6.70. The van der Waals surface area contributed by atoms with Gasteiger partial charge in [0, 0.05) is 12.0 Å². The van der Waals surface area contributed by atoms with E-state index in [-0.39, 0.29) is 11.9 Å². The summed E-state index contributed by atoms with van der Waals surface area (Å²) in [5, 5.41) is 0. The molecule has 0 N–H and O–H groups in total. The topological polar surface area (TPSA) is 26.3 Å². The quantitative estimate of drug-likeness (QED) is 0.603. The number of hydrogen-bond donors (Lipinski definition) is 0. The standard InChI is InChI=1S/C18H18O2/c1-15(17-10-6-3-7-11-17)14-20-18(19)13-12-16-8-4-2-5-9-16/h2-13,15H,14H2,1H3. The second kappa shape index (κ2) is 7.29. The smallest absolute Gasteiger partial charge is 0.330 e. The van der Waals surface area contributed by atoms with Crippen molar-refractivity contribution in [1.29, 1.82) is 0 Å². The van der Waals surface area contributed by atoms with Crippen molar-refractivity contribution in [2.45, 2.75) is 12.8 Å². The first-order valence-electron chi connectivity index (χ1n) is 6.70. The lowest BCUT2D eigenvalue weighted by molar-refractivity contribution is -0.138. The summed E-state index contributed by atoms with van der Waals surface area (Å²) in [6, 6.07) is 19.7. The molecule has 1 unspecified atom stereocenters. The summed E-state index contributed by atoms with van der Waals surface area (Å²) in [6.45, 7) is 2.44. The highest BCUT2D eigenvalue weighted by Crippen LogP contribution is 2.14. The lowest BCUT2D eigenvalue weighted by Gasteiger charge is -2.11. The first-order chi connectivity index (χ1) is 9.75. The van der Waals surface area contributed by atoms with Gasteiger partial charge in [0.05, 0.1) is 6.61 Å². The van der Waals surface area contributed by atoms with Gasteiger partial charge in [0.2, 0.25) is 0 Å². The maximum Gasteiger partial charge on any atom is 0.330 e. The summed E-state index contributed by atoms with van der Waals surface area (Å²) in [7, 11) is 0. The minimum Gasteiger partial charge on any atom is -0.462 e. The summed E-state index contributed by atoms with van der Waals surface area (Å²) >= 11 is 0. The van der Waals surface area contributed by atoms with E-state index in [1.165, 1.54) is 11.6 Å². The zero-order valence-corrected chi connectivity index (χ0v) is 11.5. The van der Waals surface area contributed by atoms with Gasteiger partial charge in [-0.25, -0.2) is 4.79 Å². The molecule has 0 aliphatic heterocycles. The predicted molar refractivity (Wildman–Crippen MR) is 81.3 cm³/mol. The van der Waals surface area contributed by atoms with E-state index in [1.54, 1.807) is 6.08 Å². The molecular formula is C18H18O2. The molecule has 0 spiro atoms. The molecule has 1 atom stereocenters. The highest BCUT2D eigenvalue weighted by atomic mass is 16.5. The molecule has 0 heterocycles. The van der Waals surface area contributed by atoms with Crippen LogP contribution in [0, 0.1) is 0 Å². The zero-order chi connectivity index (χ0) is 14.2. The Hall–Kier alpha value is -2.35. The summed E-state index contributed by atoms with van der Waals surface area (Å²) in [4.78, 5) is 11.6. The number of carbonyl (C=O) groups is 1. The van der Waals surface area contributed by atoms with Crippen LogP contribution in [0.25, 0.3) is 6.08 Å². The molecule has 0 radical (unpaired) electrons. The minimum atomic E-state index is -0.309. The molecule has 0 aromatic heterocycles. The molecule has 0 aliphatic carbocycles. The maximum absolute atomic E-state index is 11.6. The maximum atomic E-state index is 11.6. The van der Waals surface area contributed by atoms with Gasteiger partial charge in [-0.15, -0.1) is 0 Å². The Bertz CT molecular complexity index is 558. The molecule has 2 aromatic carbocycles. The lowest BCUT2D eigenvalue weighted by atomic mass is 10.0. The van der Waals surface area contributed by atoms with E-state index in [4.69, 9.17) is 4.74 Å². The van der Waals surface area contributed by atoms with Crippen molar-refractivity contribution in [1.82, 2.24) is 0 Å². The van der Waals surface area contributed by atoms with Crippen LogP contribution in [-0.2, 0) is 9.53 Å². The molecule has 102 valence electrons. The second-order valence-electron chi connectivity index (χ2n) is 4.69. The van der Waals surface area contributed by atoms with Crippen molar-refractivity contribution in [3.05, 3.63) is 77.9 Å². The van der Waals surface area contributed by atoms with Gasteiger partial charge in [-0.3, -0.25) is 0 Å². The van der Waals surface area contributed by atoms with Crippen LogP contribution in [-0.4, -0.2) is 12.6 Å². The van der Waals surface area contributed by atoms with Crippen LogP contribution in [0.3, 0.4) is 0 Å². The highest BCUT2D eigenvalue weighted by molar-refractivity contribution is 5.87. The van der Waals surface area contributed by atoms with Crippen molar-refractivity contribution >= 4 is 12.0 Å². The Kier molecular flexibility index (Phi) is 5.13. The number of esters is 1. The van der Waals surface area contributed by atoms with Crippen LogP contribution in [0.1, 0.15) is 24.0 Å². The van der Waals surface area contributed by atoms with Gasteiger partial charge < -0.3 is 4.74 Å². The van der Waals surface area contributed by atoms with E-state index in [0.717, 1.165) is 5.56 Å². The van der Waals surface area contributed by atoms with Gasteiger partial charge in [0.1, 0.15) is 0 Å². The number of rotatable bonds is 5. The summed E-state index contributed by atoms with van der Waals surface area (Å²) in [6.07, 6.45) is 3.22. The first kappa shape index (κ1) is 14.1. The highest BCUT2D eigenvalue weighted by Gasteiger charge is 2.07. The normalized spacial score (nSPS) is 12.2. The molecule has 2 rings (SSSR count). The lowest BCUT2D eigenvalue weighted by Crippen LogP contribution is -2.08. The summed E-state index contributed by atoms with van der Waals surface area (Å²) < 4.78 is 5.25. The third-order valence-corrected chi connectivity index (χ3v) is 3.06. The predicted octanol–water partition coefficient (Wildman–Crippen LogP) is 4.05. The fourth-order valence-electron chi connectivity index (χ4n) is 1.86. The monoisotopic (exact) mass is 266 g/mol. The molecule has 0 amide bonds. The van der Waals surface area contributed by atoms with Crippen molar-refractivity contribution in [3.63, 3.8) is 0 Å². The number of benzene rings is 2. The molecule has 0 saturated carbocycles. The Labute approximate surface area is 119 Å². The van der Waals surface area contributed by atoms with Gasteiger partial charge >= 0.3 is 5.97 Å². The van der Waals surface area contributed by atoms with Gasteiger partial charge in [0.15, 0.2) is 0 Å². The van der Waals surface area contributed by atoms with Crippen molar-refractivity contribution in [3.8, 4) is 0 Å². The number of carbonyl (C=O) groups excluding carboxylic acids is 1. The van der Waals surface area contributed by atoms with E-state index in [1.807, 2.05) is 67.6 Å². The molecule has 0 bridgehead atoms. The molecule has 20 heavy (non-hydrogen) atoms. The second-order valence-corrected chi connectivity index (χ2v) is 4.69. The van der Waals surface area contributed by atoms with Gasteiger partial charge in [-0.2, -0.15) is 0 Å². The Balaban J connectivity index is 1.82. The molecule has 0 aliphatic rings. The number of hydrogen-bond acceptors (Lipinski definition) is 2. The molecule has 0 fully saturated rings. The molecule has 2 heteroatoms. The SMILES string of the molecule is CC(COC(=O)C=Cc1ccccc1)c1ccccc1. The van der Waals surface area contributed by atoms with E-state index in [9.17, 15) is 4.79 Å². The zero-order valence-electron chi connectivity index (χ0n) is 11.5. The fourth-order valence-corrected chi connectivity index (χ4v) is 1.86. The minimum absolute atomic E-state index is 0.199. The van der Waals surface area contributed by atoms with E-state index < -0.39 is 0 Å². The van der Waals surface area contributed by atoms with Crippen LogP contribution in [0.2, 0.25) is 0 Å². The van der Waals surface area contributed by atoms with Crippen LogP contribution < -0.4 is 0 Å². The average Bonchev–Trinajstić information content (AvgIpc) is 2.52. The fraction of sp³-hybridized carbons (Fsp3) is 0.167. The Morgan fingerprint density at radius 2 is 1.65 bits per heavy atom. The Morgan fingerprint density at radius 3 is 2.30 bits per heavy atom. The number of ether oxygens (including phenoxy) is 1. The average molecular weight is 266 g/mol.